The van der Waals surface area contributed by atoms with Gasteiger partial charge in [0.1, 0.15) is 6.54 Å². The van der Waals surface area contributed by atoms with Crippen LogP contribution in [0.5, 0.6) is 0 Å². The van der Waals surface area contributed by atoms with Gasteiger partial charge in [-0.05, 0) is 19.2 Å². The lowest BCUT2D eigenvalue weighted by atomic mass is 10.3. The average molecular weight is 245 g/mol. The molecule has 98 valence electrons. The highest BCUT2D eigenvalue weighted by molar-refractivity contribution is 5.08. The zero-order valence-electron chi connectivity index (χ0n) is 11.6. The molecule has 0 atom stereocenters. The van der Waals surface area contributed by atoms with E-state index in [0.29, 0.717) is 0 Å². The number of hydrogen-bond donors (Lipinski definition) is 0. The Bertz CT molecular complexity index is 355. The monoisotopic (exact) mass is 245 g/mol. The van der Waals surface area contributed by atoms with E-state index >= 15 is 0 Å². The summed E-state index contributed by atoms with van der Waals surface area (Å²) < 4.78 is 2.21. The largest absolute Gasteiger partial charge is 0.374 e. The van der Waals surface area contributed by atoms with Crippen molar-refractivity contribution in [3.63, 3.8) is 0 Å². The lowest BCUT2D eigenvalue weighted by Crippen LogP contribution is -2.31. The number of aromatic nitrogens is 1. The summed E-state index contributed by atoms with van der Waals surface area (Å²) in [5.41, 5.74) is 0. The number of unbranched alkanes of at least 4 members (excludes halogenated alkanes) is 1. The molecule has 1 aliphatic heterocycles. The molecule has 0 spiro atoms. The van der Waals surface area contributed by atoms with Gasteiger partial charge in [0, 0.05) is 31.6 Å². The molecule has 0 radical (unpaired) electrons. The Labute approximate surface area is 111 Å². The van der Waals surface area contributed by atoms with E-state index in [2.05, 4.69) is 72.3 Å². The molecule has 2 nitrogen and oxygen atoms in total. The van der Waals surface area contributed by atoms with Gasteiger partial charge in [0.2, 0.25) is 0 Å². The van der Waals surface area contributed by atoms with Gasteiger partial charge in [0.25, 0.3) is 0 Å². The van der Waals surface area contributed by atoms with Gasteiger partial charge in [-0.3, -0.25) is 0 Å². The molecule has 2 heteroatoms. The van der Waals surface area contributed by atoms with Crippen LogP contribution in [-0.4, -0.2) is 18.0 Å². The van der Waals surface area contributed by atoms with Gasteiger partial charge >= 0.3 is 0 Å². The summed E-state index contributed by atoms with van der Waals surface area (Å²) in [5.74, 6) is 0. The normalized spacial score (nSPS) is 13.1. The predicted molar refractivity (Wildman–Crippen MR) is 77.1 cm³/mol. The first-order valence-electron chi connectivity index (χ1n) is 6.88. The first-order valence-corrected chi connectivity index (χ1v) is 6.88. The van der Waals surface area contributed by atoms with Gasteiger partial charge in [-0.1, -0.05) is 31.6 Å². The van der Waals surface area contributed by atoms with E-state index in [0.717, 1.165) is 19.6 Å². The van der Waals surface area contributed by atoms with Crippen molar-refractivity contribution in [2.75, 3.05) is 13.1 Å². The van der Waals surface area contributed by atoms with Gasteiger partial charge in [0.15, 0.2) is 12.4 Å². The van der Waals surface area contributed by atoms with Crippen LogP contribution in [0.2, 0.25) is 0 Å². The Morgan fingerprint density at radius 2 is 1.83 bits per heavy atom. The second-order valence-electron chi connectivity index (χ2n) is 4.32. The summed E-state index contributed by atoms with van der Waals surface area (Å²) in [6.07, 6.45) is 15.2. The van der Waals surface area contributed by atoms with Crippen LogP contribution in [0.1, 0.15) is 26.7 Å². The van der Waals surface area contributed by atoms with E-state index in [1.165, 1.54) is 12.8 Å². The third-order valence-electron chi connectivity index (χ3n) is 2.84. The summed E-state index contributed by atoms with van der Waals surface area (Å²) in [6.45, 7) is 7.71. The predicted octanol–water partition coefficient (Wildman–Crippen LogP) is 3.17. The fraction of sp³-hybridized carbons (Fsp3) is 0.438. The van der Waals surface area contributed by atoms with Crippen LogP contribution in [0, 0.1) is 0 Å². The molecular weight excluding hydrogens is 220 g/mol. The van der Waals surface area contributed by atoms with Crippen LogP contribution in [0.25, 0.3) is 0 Å². The van der Waals surface area contributed by atoms with E-state index in [4.69, 9.17) is 0 Å². The summed E-state index contributed by atoms with van der Waals surface area (Å²) in [7, 11) is 0. The van der Waals surface area contributed by atoms with Crippen molar-refractivity contribution in [3.05, 3.63) is 55.0 Å². The molecule has 1 aromatic heterocycles. The summed E-state index contributed by atoms with van der Waals surface area (Å²) >= 11 is 0. The first kappa shape index (κ1) is 14.5. The van der Waals surface area contributed by atoms with Crippen LogP contribution >= 0.6 is 0 Å². The van der Waals surface area contributed by atoms with Crippen molar-refractivity contribution in [3.8, 4) is 0 Å². The molecule has 0 amide bonds. The summed E-state index contributed by atoms with van der Waals surface area (Å²) in [5, 5.41) is 0. The maximum absolute atomic E-state index is 2.25. The van der Waals surface area contributed by atoms with Crippen molar-refractivity contribution in [2.45, 2.75) is 33.2 Å². The molecular formula is C16H25N2+. The van der Waals surface area contributed by atoms with Crippen LogP contribution in [0.3, 0.4) is 0 Å². The van der Waals surface area contributed by atoms with E-state index in [1.807, 2.05) is 6.07 Å². The van der Waals surface area contributed by atoms with Crippen LogP contribution in [0.4, 0.5) is 0 Å². The van der Waals surface area contributed by atoms with Crippen molar-refractivity contribution in [2.24, 2.45) is 0 Å². The molecule has 0 aliphatic carbocycles. The molecule has 1 aromatic rings. The molecule has 0 aromatic carbocycles. The maximum Gasteiger partial charge on any atom is 0.168 e. The lowest BCUT2D eigenvalue weighted by molar-refractivity contribution is -0.697. The number of rotatable bonds is 4. The SMILES string of the molecule is CCCC[n+]1ccccc1.CCN1C=CC=CC1. The van der Waals surface area contributed by atoms with Crippen molar-refractivity contribution < 1.29 is 4.57 Å². The van der Waals surface area contributed by atoms with Crippen molar-refractivity contribution >= 4 is 0 Å². The zero-order valence-corrected chi connectivity index (χ0v) is 11.6. The highest BCUT2D eigenvalue weighted by Crippen LogP contribution is 1.95. The fourth-order valence-electron chi connectivity index (χ4n) is 1.67. The third-order valence-corrected chi connectivity index (χ3v) is 2.84. The Morgan fingerprint density at radius 1 is 1.06 bits per heavy atom. The molecule has 0 unspecified atom stereocenters. The van der Waals surface area contributed by atoms with Crippen LogP contribution in [-0.2, 0) is 6.54 Å². The number of pyridine rings is 1. The highest BCUT2D eigenvalue weighted by atomic mass is 15.1. The average Bonchev–Trinajstić information content (AvgIpc) is 2.48. The topological polar surface area (TPSA) is 7.12 Å². The Balaban J connectivity index is 0.000000184. The fourth-order valence-corrected chi connectivity index (χ4v) is 1.67. The Kier molecular flexibility index (Phi) is 7.61. The van der Waals surface area contributed by atoms with E-state index < -0.39 is 0 Å². The summed E-state index contributed by atoms with van der Waals surface area (Å²) in [6, 6.07) is 6.17. The van der Waals surface area contributed by atoms with E-state index in [9.17, 15) is 0 Å². The molecule has 0 fully saturated rings. The first-order chi connectivity index (χ1) is 8.86. The van der Waals surface area contributed by atoms with E-state index in [1.54, 1.807) is 0 Å². The maximum atomic E-state index is 2.25. The second-order valence-corrected chi connectivity index (χ2v) is 4.32. The van der Waals surface area contributed by atoms with Gasteiger partial charge < -0.3 is 4.90 Å². The van der Waals surface area contributed by atoms with Gasteiger partial charge in [-0.2, -0.15) is 0 Å². The van der Waals surface area contributed by atoms with Gasteiger partial charge in [-0.25, -0.2) is 4.57 Å². The molecule has 2 heterocycles. The Morgan fingerprint density at radius 3 is 2.33 bits per heavy atom. The molecule has 18 heavy (non-hydrogen) atoms. The third kappa shape index (κ3) is 6.24. The van der Waals surface area contributed by atoms with Crippen LogP contribution < -0.4 is 4.57 Å². The minimum Gasteiger partial charge on any atom is -0.374 e. The quantitative estimate of drug-likeness (QED) is 0.739. The van der Waals surface area contributed by atoms with Crippen LogP contribution in [0.15, 0.2) is 55.0 Å². The number of aryl methyl sites for hydroxylation is 1. The Hall–Kier alpha value is -1.57. The number of likely N-dealkylation sites (N-methyl/N-ethyl adjacent to an activating group) is 1. The number of nitrogens with zero attached hydrogens (tertiary/aromatic N) is 2. The number of hydrogen-bond acceptors (Lipinski definition) is 1. The molecule has 0 saturated heterocycles. The molecule has 2 rings (SSSR count). The van der Waals surface area contributed by atoms with Crippen molar-refractivity contribution in [1.29, 1.82) is 0 Å². The zero-order chi connectivity index (χ0) is 13.1. The smallest absolute Gasteiger partial charge is 0.168 e. The minimum atomic E-state index is 1.08. The molecule has 0 bridgehead atoms. The number of allylic oxidation sites excluding steroid dienone is 2. The molecule has 1 aliphatic rings. The van der Waals surface area contributed by atoms with Gasteiger partial charge in [-0.15, -0.1) is 0 Å². The molecule has 0 saturated carbocycles. The molecule has 0 N–H and O–H groups in total. The lowest BCUT2D eigenvalue weighted by Gasteiger charge is -2.16. The highest BCUT2D eigenvalue weighted by Gasteiger charge is 1.93. The standard InChI is InChI=1S/C9H14N.C7H11N/c1-2-3-7-10-8-5-4-6-9-10;1-2-8-6-4-3-5-7-8/h4-6,8-9H,2-3,7H2,1H3;3-6H,2,7H2,1H3/q+1;. The van der Waals surface area contributed by atoms with Crippen molar-refractivity contribution in [1.82, 2.24) is 4.90 Å². The van der Waals surface area contributed by atoms with E-state index in [-0.39, 0.29) is 0 Å². The minimum absolute atomic E-state index is 1.08. The second kappa shape index (κ2) is 9.46. The van der Waals surface area contributed by atoms with Gasteiger partial charge in [0.05, 0.1) is 0 Å². The summed E-state index contributed by atoms with van der Waals surface area (Å²) in [4.78, 5) is 2.25.